The highest BCUT2D eigenvalue weighted by Gasteiger charge is 2.25. The Morgan fingerprint density at radius 2 is 2.10 bits per heavy atom. The van der Waals surface area contributed by atoms with E-state index in [1.54, 1.807) is 0 Å². The van der Waals surface area contributed by atoms with Gasteiger partial charge in [0.05, 0.1) is 13.2 Å². The molecule has 1 aromatic heterocycles. The quantitative estimate of drug-likeness (QED) is 0.460. The van der Waals surface area contributed by atoms with Gasteiger partial charge >= 0.3 is 0 Å². The van der Waals surface area contributed by atoms with Crippen LogP contribution in [-0.2, 0) is 18.3 Å². The predicted molar refractivity (Wildman–Crippen MR) is 116 cm³/mol. The van der Waals surface area contributed by atoms with Gasteiger partial charge in [0.25, 0.3) is 0 Å². The van der Waals surface area contributed by atoms with Gasteiger partial charge in [-0.3, -0.25) is 0 Å². The van der Waals surface area contributed by atoms with Crippen LogP contribution in [0.4, 0.5) is 0 Å². The van der Waals surface area contributed by atoms with Gasteiger partial charge in [0.15, 0.2) is 11.8 Å². The molecule has 1 aliphatic heterocycles. The number of unbranched alkanes of at least 4 members (excludes halogenated alkanes) is 1. The third kappa shape index (κ3) is 5.35. The first kappa shape index (κ1) is 21.3. The number of benzene rings is 1. The molecular formula is C22H34N6O. The molecule has 2 heterocycles. The highest BCUT2D eigenvalue weighted by atomic mass is 16.5. The molecule has 1 saturated heterocycles. The van der Waals surface area contributed by atoms with Crippen LogP contribution in [0.2, 0.25) is 0 Å². The Bertz CT molecular complexity index is 844. The topological polar surface area (TPSA) is 67.6 Å². The van der Waals surface area contributed by atoms with Gasteiger partial charge in [-0.05, 0) is 38.3 Å². The molecule has 3 rings (SSSR count). The van der Waals surface area contributed by atoms with E-state index in [2.05, 4.69) is 59.4 Å². The summed E-state index contributed by atoms with van der Waals surface area (Å²) in [5, 5.41) is 11.9. The predicted octanol–water partition coefficient (Wildman–Crippen LogP) is 3.06. The second kappa shape index (κ2) is 9.87. The molecule has 7 nitrogen and oxygen atoms in total. The van der Waals surface area contributed by atoms with Crippen molar-refractivity contribution < 1.29 is 4.74 Å². The molecule has 1 atom stereocenters. The van der Waals surface area contributed by atoms with Crippen molar-refractivity contribution in [3.8, 4) is 0 Å². The number of rotatable bonds is 6. The lowest BCUT2D eigenvalue weighted by Gasteiger charge is -2.36. The van der Waals surface area contributed by atoms with Gasteiger partial charge in [0.1, 0.15) is 18.5 Å². The Balaban J connectivity index is 1.76. The highest BCUT2D eigenvalue weighted by Crippen LogP contribution is 2.26. The Morgan fingerprint density at radius 3 is 2.79 bits per heavy atom. The zero-order valence-corrected chi connectivity index (χ0v) is 18.4. The maximum atomic E-state index is 6.13. The van der Waals surface area contributed by atoms with Crippen LogP contribution in [0.5, 0.6) is 0 Å². The summed E-state index contributed by atoms with van der Waals surface area (Å²) in [6.07, 6.45) is 2.32. The third-order valence-electron chi connectivity index (χ3n) is 5.50. The summed E-state index contributed by atoms with van der Waals surface area (Å²) in [5.41, 5.74) is 3.82. The Morgan fingerprint density at radius 1 is 1.28 bits per heavy atom. The zero-order valence-electron chi connectivity index (χ0n) is 18.4. The van der Waals surface area contributed by atoms with Crippen molar-refractivity contribution in [1.29, 1.82) is 0 Å². The number of aryl methyl sites for hydroxylation is 3. The number of guanidine groups is 1. The van der Waals surface area contributed by atoms with Crippen molar-refractivity contribution in [2.75, 3.05) is 26.2 Å². The molecule has 0 saturated carbocycles. The van der Waals surface area contributed by atoms with E-state index in [0.29, 0.717) is 13.2 Å². The molecule has 0 spiro atoms. The van der Waals surface area contributed by atoms with Gasteiger partial charge < -0.3 is 19.5 Å². The first-order valence-electron chi connectivity index (χ1n) is 10.6. The smallest absolute Gasteiger partial charge is 0.194 e. The minimum absolute atomic E-state index is 0.0552. The maximum absolute atomic E-state index is 6.13. The Labute approximate surface area is 174 Å². The molecule has 7 heteroatoms. The molecule has 0 bridgehead atoms. The van der Waals surface area contributed by atoms with Crippen molar-refractivity contribution in [2.45, 2.75) is 53.2 Å². The van der Waals surface area contributed by atoms with Crippen LogP contribution in [0.1, 0.15) is 54.2 Å². The molecule has 1 N–H and O–H groups in total. The van der Waals surface area contributed by atoms with Gasteiger partial charge in [0, 0.05) is 20.1 Å². The second-order valence-electron chi connectivity index (χ2n) is 7.81. The average Bonchev–Trinajstić information content (AvgIpc) is 3.03. The van der Waals surface area contributed by atoms with E-state index in [9.17, 15) is 0 Å². The minimum Gasteiger partial charge on any atom is -0.370 e. The average molecular weight is 399 g/mol. The molecule has 0 radical (unpaired) electrons. The summed E-state index contributed by atoms with van der Waals surface area (Å²) < 4.78 is 8.12. The monoisotopic (exact) mass is 398 g/mol. The van der Waals surface area contributed by atoms with Crippen molar-refractivity contribution in [3.63, 3.8) is 0 Å². The molecule has 1 aliphatic rings. The van der Waals surface area contributed by atoms with E-state index in [1.807, 2.05) is 18.5 Å². The van der Waals surface area contributed by atoms with Gasteiger partial charge in [-0.25, -0.2) is 4.99 Å². The lowest BCUT2D eigenvalue weighted by atomic mass is 10.00. The number of nitrogens with one attached hydrogen (secondary N) is 1. The summed E-state index contributed by atoms with van der Waals surface area (Å²) in [4.78, 5) is 7.19. The van der Waals surface area contributed by atoms with Crippen molar-refractivity contribution in [2.24, 2.45) is 12.0 Å². The molecule has 0 aliphatic carbocycles. The molecule has 1 fully saturated rings. The lowest BCUT2D eigenvalue weighted by molar-refractivity contribution is -0.00838. The van der Waals surface area contributed by atoms with Gasteiger partial charge in [-0.2, -0.15) is 0 Å². The van der Waals surface area contributed by atoms with Crippen molar-refractivity contribution >= 4 is 5.96 Å². The van der Waals surface area contributed by atoms with Crippen molar-refractivity contribution in [3.05, 3.63) is 46.5 Å². The fourth-order valence-corrected chi connectivity index (χ4v) is 3.60. The summed E-state index contributed by atoms with van der Waals surface area (Å²) in [7, 11) is 1.98. The SMILES string of the molecule is CCCCNC(=NCc1nnc(C)n1C)N1CCOC(c2ccc(C)cc2C)C1. The third-order valence-corrected chi connectivity index (χ3v) is 5.50. The number of morpholine rings is 1. The van der Waals surface area contributed by atoms with E-state index in [0.717, 1.165) is 50.1 Å². The zero-order chi connectivity index (χ0) is 20.8. The summed E-state index contributed by atoms with van der Waals surface area (Å²) >= 11 is 0. The molecule has 2 aromatic rings. The number of aromatic nitrogens is 3. The number of nitrogens with zero attached hydrogens (tertiary/aromatic N) is 5. The highest BCUT2D eigenvalue weighted by molar-refractivity contribution is 5.80. The van der Waals surface area contributed by atoms with Crippen LogP contribution in [0.3, 0.4) is 0 Å². The Hall–Kier alpha value is -2.41. The van der Waals surface area contributed by atoms with Crippen LogP contribution in [0.25, 0.3) is 0 Å². The largest absolute Gasteiger partial charge is 0.370 e. The standard InChI is InChI=1S/C22H34N6O/c1-6-7-10-23-22(24-14-21-26-25-18(4)27(21)5)28-11-12-29-20(15-28)19-9-8-16(2)13-17(19)3/h8-9,13,20H,6-7,10-12,14-15H2,1-5H3,(H,23,24). The lowest BCUT2D eigenvalue weighted by Crippen LogP contribution is -2.48. The first-order chi connectivity index (χ1) is 14.0. The van der Waals surface area contributed by atoms with Gasteiger partial charge in [-0.1, -0.05) is 37.1 Å². The van der Waals surface area contributed by atoms with Crippen LogP contribution >= 0.6 is 0 Å². The number of ether oxygens (including phenoxy) is 1. The van der Waals surface area contributed by atoms with Crippen LogP contribution in [0, 0.1) is 20.8 Å². The van der Waals surface area contributed by atoms with E-state index in [-0.39, 0.29) is 6.10 Å². The first-order valence-corrected chi connectivity index (χ1v) is 10.6. The number of hydrogen-bond donors (Lipinski definition) is 1. The number of aliphatic imine (C=N–C) groups is 1. The maximum Gasteiger partial charge on any atom is 0.194 e. The van der Waals surface area contributed by atoms with Gasteiger partial charge in [0.2, 0.25) is 0 Å². The summed E-state index contributed by atoms with van der Waals surface area (Å²) in [6, 6.07) is 6.58. The van der Waals surface area contributed by atoms with E-state index in [4.69, 9.17) is 9.73 Å². The van der Waals surface area contributed by atoms with Crippen LogP contribution < -0.4 is 5.32 Å². The van der Waals surface area contributed by atoms with Crippen LogP contribution in [-0.4, -0.2) is 51.9 Å². The minimum atomic E-state index is 0.0552. The summed E-state index contributed by atoms with van der Waals surface area (Å²) in [6.45, 7) is 12.2. The van der Waals surface area contributed by atoms with E-state index in [1.165, 1.54) is 16.7 Å². The van der Waals surface area contributed by atoms with E-state index >= 15 is 0 Å². The molecular weight excluding hydrogens is 364 g/mol. The fraction of sp³-hybridized carbons (Fsp3) is 0.591. The normalized spacial score (nSPS) is 17.6. The summed E-state index contributed by atoms with van der Waals surface area (Å²) in [5.74, 6) is 2.70. The molecule has 1 unspecified atom stereocenters. The molecule has 29 heavy (non-hydrogen) atoms. The second-order valence-corrected chi connectivity index (χ2v) is 7.81. The van der Waals surface area contributed by atoms with Gasteiger partial charge in [-0.15, -0.1) is 10.2 Å². The molecule has 158 valence electrons. The number of hydrogen-bond acceptors (Lipinski definition) is 4. The van der Waals surface area contributed by atoms with Crippen LogP contribution in [0.15, 0.2) is 23.2 Å². The van der Waals surface area contributed by atoms with Crippen molar-refractivity contribution in [1.82, 2.24) is 25.0 Å². The van der Waals surface area contributed by atoms with E-state index < -0.39 is 0 Å². The fourth-order valence-electron chi connectivity index (χ4n) is 3.60. The molecule has 0 amide bonds. The molecule has 1 aromatic carbocycles. The Kier molecular flexibility index (Phi) is 7.25.